The summed E-state index contributed by atoms with van der Waals surface area (Å²) in [4.78, 5) is 8.17. The lowest BCUT2D eigenvalue weighted by atomic mass is 10.6. The van der Waals surface area contributed by atoms with Crippen molar-refractivity contribution in [3.05, 3.63) is 12.3 Å². The molecule has 0 unspecified atom stereocenters. The van der Waals surface area contributed by atoms with Crippen molar-refractivity contribution in [3.63, 3.8) is 0 Å². The van der Waals surface area contributed by atoms with Crippen LogP contribution in [0.3, 0.4) is 0 Å². The zero-order valence-electron chi connectivity index (χ0n) is 8.58. The van der Waals surface area contributed by atoms with Gasteiger partial charge in [-0.2, -0.15) is 4.98 Å². The minimum absolute atomic E-state index is 0.575. The zero-order valence-corrected chi connectivity index (χ0v) is 8.58. The van der Waals surface area contributed by atoms with E-state index in [1.165, 1.54) is 0 Å². The fraction of sp³-hybridized carbons (Fsp3) is 0.556. The highest BCUT2D eigenvalue weighted by atomic mass is 16.5. The van der Waals surface area contributed by atoms with Crippen molar-refractivity contribution in [2.75, 3.05) is 32.1 Å². The second-order valence-electron chi connectivity index (χ2n) is 2.70. The van der Waals surface area contributed by atoms with Crippen LogP contribution in [0.2, 0.25) is 0 Å². The Morgan fingerprint density at radius 1 is 1.43 bits per heavy atom. The lowest BCUT2D eigenvalue weighted by Crippen LogP contribution is -2.22. The van der Waals surface area contributed by atoms with E-state index < -0.39 is 0 Å². The summed E-state index contributed by atoms with van der Waals surface area (Å²) in [6.45, 7) is 4.75. The Morgan fingerprint density at radius 3 is 3.00 bits per heavy atom. The van der Waals surface area contributed by atoms with Crippen LogP contribution < -0.4 is 15.4 Å². The molecule has 14 heavy (non-hydrogen) atoms. The van der Waals surface area contributed by atoms with Crippen molar-refractivity contribution >= 4 is 5.95 Å². The number of methoxy groups -OCH3 is 1. The van der Waals surface area contributed by atoms with Crippen molar-refractivity contribution in [1.82, 2.24) is 15.3 Å². The third-order valence-corrected chi connectivity index (χ3v) is 1.67. The summed E-state index contributed by atoms with van der Waals surface area (Å²) in [7, 11) is 1.59. The Bertz CT molecular complexity index is 267. The summed E-state index contributed by atoms with van der Waals surface area (Å²) in [6, 6.07) is 1.72. The Balaban J connectivity index is 2.34. The third kappa shape index (κ3) is 3.57. The first-order valence-corrected chi connectivity index (χ1v) is 4.68. The van der Waals surface area contributed by atoms with Crippen LogP contribution in [0.1, 0.15) is 6.92 Å². The second-order valence-corrected chi connectivity index (χ2v) is 2.70. The number of hydrogen-bond donors (Lipinski definition) is 2. The van der Waals surface area contributed by atoms with E-state index in [2.05, 4.69) is 27.5 Å². The number of ether oxygens (including phenoxy) is 1. The molecule has 1 aromatic rings. The van der Waals surface area contributed by atoms with Crippen molar-refractivity contribution in [3.8, 4) is 5.88 Å². The first-order valence-electron chi connectivity index (χ1n) is 4.68. The molecule has 0 atom stereocenters. The molecular formula is C9H16N4O. The Kier molecular flexibility index (Phi) is 4.71. The molecule has 1 heterocycles. The van der Waals surface area contributed by atoms with E-state index in [1.54, 1.807) is 19.4 Å². The number of hydrogen-bond acceptors (Lipinski definition) is 5. The van der Waals surface area contributed by atoms with Gasteiger partial charge < -0.3 is 15.4 Å². The smallest absolute Gasteiger partial charge is 0.225 e. The molecule has 0 bridgehead atoms. The molecule has 0 saturated carbocycles. The van der Waals surface area contributed by atoms with Crippen LogP contribution >= 0.6 is 0 Å². The van der Waals surface area contributed by atoms with Crippen LogP contribution in [-0.4, -0.2) is 36.7 Å². The van der Waals surface area contributed by atoms with Crippen LogP contribution in [0, 0.1) is 0 Å². The molecule has 1 aromatic heterocycles. The number of nitrogens with zero attached hydrogens (tertiary/aromatic N) is 2. The molecule has 0 aromatic carbocycles. The van der Waals surface area contributed by atoms with E-state index in [0.717, 1.165) is 19.6 Å². The van der Waals surface area contributed by atoms with E-state index in [9.17, 15) is 0 Å². The van der Waals surface area contributed by atoms with E-state index in [-0.39, 0.29) is 0 Å². The van der Waals surface area contributed by atoms with Gasteiger partial charge in [0.2, 0.25) is 11.8 Å². The average Bonchev–Trinajstić information content (AvgIpc) is 2.25. The fourth-order valence-corrected chi connectivity index (χ4v) is 0.980. The summed E-state index contributed by atoms with van der Waals surface area (Å²) in [5.74, 6) is 1.17. The van der Waals surface area contributed by atoms with E-state index in [4.69, 9.17) is 4.74 Å². The maximum Gasteiger partial charge on any atom is 0.225 e. The summed E-state index contributed by atoms with van der Waals surface area (Å²) >= 11 is 0. The standard InChI is InChI=1S/C9H16N4O/c1-3-10-6-7-12-9-11-5-4-8(13-9)14-2/h4-5,10H,3,6-7H2,1-2H3,(H,11,12,13). The van der Waals surface area contributed by atoms with Gasteiger partial charge in [0.25, 0.3) is 0 Å². The normalized spacial score (nSPS) is 9.86. The molecule has 0 fully saturated rings. The SMILES string of the molecule is CCNCCNc1nccc(OC)n1. The van der Waals surface area contributed by atoms with Gasteiger partial charge in [0, 0.05) is 25.4 Å². The molecule has 2 N–H and O–H groups in total. The largest absolute Gasteiger partial charge is 0.481 e. The first kappa shape index (κ1) is 10.7. The van der Waals surface area contributed by atoms with Crippen LogP contribution in [-0.2, 0) is 0 Å². The molecule has 0 amide bonds. The molecular weight excluding hydrogens is 180 g/mol. The number of nitrogens with one attached hydrogen (secondary N) is 2. The van der Waals surface area contributed by atoms with Gasteiger partial charge in [0.05, 0.1) is 7.11 Å². The minimum atomic E-state index is 0.575. The summed E-state index contributed by atoms with van der Waals surface area (Å²) in [5, 5.41) is 6.29. The van der Waals surface area contributed by atoms with Crippen molar-refractivity contribution in [2.24, 2.45) is 0 Å². The van der Waals surface area contributed by atoms with Gasteiger partial charge in [-0.25, -0.2) is 4.98 Å². The van der Waals surface area contributed by atoms with E-state index in [1.807, 2.05) is 0 Å². The zero-order chi connectivity index (χ0) is 10.2. The van der Waals surface area contributed by atoms with Gasteiger partial charge in [-0.15, -0.1) is 0 Å². The highest BCUT2D eigenvalue weighted by Crippen LogP contribution is 2.06. The lowest BCUT2D eigenvalue weighted by molar-refractivity contribution is 0.397. The summed E-state index contributed by atoms with van der Waals surface area (Å²) in [5.41, 5.74) is 0. The van der Waals surface area contributed by atoms with Crippen molar-refractivity contribution in [2.45, 2.75) is 6.92 Å². The number of aromatic nitrogens is 2. The highest BCUT2D eigenvalue weighted by Gasteiger charge is 1.96. The molecule has 78 valence electrons. The highest BCUT2D eigenvalue weighted by molar-refractivity contribution is 5.27. The molecule has 0 radical (unpaired) electrons. The maximum atomic E-state index is 4.98. The molecule has 0 aliphatic heterocycles. The van der Waals surface area contributed by atoms with Gasteiger partial charge in [0.15, 0.2) is 0 Å². The maximum absolute atomic E-state index is 4.98. The van der Waals surface area contributed by atoms with Crippen LogP contribution in [0.25, 0.3) is 0 Å². The quantitative estimate of drug-likeness (QED) is 0.649. The van der Waals surface area contributed by atoms with Gasteiger partial charge >= 0.3 is 0 Å². The molecule has 0 spiro atoms. The number of anilines is 1. The predicted octanol–water partition coefficient (Wildman–Crippen LogP) is 0.507. The predicted molar refractivity (Wildman–Crippen MR) is 55.6 cm³/mol. The van der Waals surface area contributed by atoms with Crippen molar-refractivity contribution < 1.29 is 4.74 Å². The molecule has 5 heteroatoms. The molecule has 0 aliphatic carbocycles. The van der Waals surface area contributed by atoms with Gasteiger partial charge in [-0.05, 0) is 6.54 Å². The lowest BCUT2D eigenvalue weighted by Gasteiger charge is -2.05. The van der Waals surface area contributed by atoms with Gasteiger partial charge in [-0.1, -0.05) is 6.92 Å². The topological polar surface area (TPSA) is 59.1 Å². The molecule has 0 aliphatic rings. The summed E-state index contributed by atoms with van der Waals surface area (Å²) in [6.07, 6.45) is 1.67. The van der Waals surface area contributed by atoms with Crippen molar-refractivity contribution in [1.29, 1.82) is 0 Å². The first-order chi connectivity index (χ1) is 6.86. The Labute approximate surface area is 83.9 Å². The second kappa shape index (κ2) is 6.15. The summed E-state index contributed by atoms with van der Waals surface area (Å²) < 4.78 is 4.98. The van der Waals surface area contributed by atoms with Gasteiger partial charge in [0.1, 0.15) is 0 Å². The van der Waals surface area contributed by atoms with E-state index in [0.29, 0.717) is 11.8 Å². The number of rotatable bonds is 6. The average molecular weight is 196 g/mol. The van der Waals surface area contributed by atoms with Crippen LogP contribution in [0.5, 0.6) is 5.88 Å². The third-order valence-electron chi connectivity index (χ3n) is 1.67. The Morgan fingerprint density at radius 2 is 2.29 bits per heavy atom. The minimum Gasteiger partial charge on any atom is -0.481 e. The monoisotopic (exact) mass is 196 g/mol. The molecule has 5 nitrogen and oxygen atoms in total. The molecule has 1 rings (SSSR count). The van der Waals surface area contributed by atoms with Crippen LogP contribution in [0.15, 0.2) is 12.3 Å². The fourth-order valence-electron chi connectivity index (χ4n) is 0.980. The van der Waals surface area contributed by atoms with E-state index >= 15 is 0 Å². The number of likely N-dealkylation sites (N-methyl/N-ethyl adjacent to an activating group) is 1. The Hall–Kier alpha value is -1.36. The van der Waals surface area contributed by atoms with Gasteiger partial charge in [-0.3, -0.25) is 0 Å². The molecule has 0 saturated heterocycles. The van der Waals surface area contributed by atoms with Crippen LogP contribution in [0.4, 0.5) is 5.95 Å².